The van der Waals surface area contributed by atoms with Crippen LogP contribution in [0.4, 0.5) is 5.69 Å². The summed E-state index contributed by atoms with van der Waals surface area (Å²) in [5, 5.41) is 3.04. The monoisotopic (exact) mass is 468 g/mol. The molecule has 7 nitrogen and oxygen atoms in total. The number of nitrogens with one attached hydrogen (secondary N) is 1. The van der Waals surface area contributed by atoms with Crippen molar-refractivity contribution < 1.29 is 22.7 Å². The van der Waals surface area contributed by atoms with Gasteiger partial charge in [0, 0.05) is 6.54 Å². The third-order valence-electron chi connectivity index (χ3n) is 4.49. The zero-order valence-electron chi connectivity index (χ0n) is 18.1. The van der Waals surface area contributed by atoms with Gasteiger partial charge in [-0.2, -0.15) is 0 Å². The number of ether oxygens (including phenoxy) is 2. The molecule has 0 unspecified atom stereocenters. The van der Waals surface area contributed by atoms with E-state index in [4.69, 9.17) is 21.1 Å². The highest BCUT2D eigenvalue weighted by molar-refractivity contribution is 7.92. The highest BCUT2D eigenvalue weighted by Crippen LogP contribution is 2.30. The quantitative estimate of drug-likeness (QED) is 0.480. The Morgan fingerprint density at radius 3 is 2.55 bits per heavy atom. The van der Waals surface area contributed by atoms with Crippen molar-refractivity contribution in [3.8, 4) is 11.5 Å². The number of nitrogens with zero attached hydrogens (tertiary/aromatic N) is 1. The number of anilines is 1. The maximum Gasteiger partial charge on any atom is 0.240 e. The minimum atomic E-state index is -3.68. The molecule has 0 aliphatic rings. The first-order valence-electron chi connectivity index (χ1n) is 10.0. The fraction of sp³-hybridized carbons (Fsp3) is 0.409. The lowest BCUT2D eigenvalue weighted by molar-refractivity contribution is -0.119. The van der Waals surface area contributed by atoms with E-state index in [9.17, 15) is 13.2 Å². The van der Waals surface area contributed by atoms with Crippen LogP contribution in [0.2, 0.25) is 5.02 Å². The normalized spacial score (nSPS) is 11.1. The van der Waals surface area contributed by atoms with E-state index in [0.717, 1.165) is 34.7 Å². The molecule has 2 aromatic rings. The number of sulfonamides is 1. The summed E-state index contributed by atoms with van der Waals surface area (Å²) in [5.74, 6) is 0.884. The number of hydrogen-bond donors (Lipinski definition) is 1. The molecular weight excluding hydrogens is 440 g/mol. The first-order valence-corrected chi connectivity index (χ1v) is 12.3. The predicted molar refractivity (Wildman–Crippen MR) is 124 cm³/mol. The molecule has 9 heteroatoms. The van der Waals surface area contributed by atoms with E-state index in [2.05, 4.69) is 12.2 Å². The third kappa shape index (κ3) is 7.63. The van der Waals surface area contributed by atoms with Gasteiger partial charge in [0.25, 0.3) is 0 Å². The zero-order valence-corrected chi connectivity index (χ0v) is 19.6. The summed E-state index contributed by atoms with van der Waals surface area (Å²) < 4.78 is 36.3. The van der Waals surface area contributed by atoms with Crippen molar-refractivity contribution in [3.63, 3.8) is 0 Å². The van der Waals surface area contributed by atoms with Gasteiger partial charge in [-0.15, -0.1) is 0 Å². The molecule has 0 saturated carbocycles. The number of amides is 1. The molecule has 0 saturated heterocycles. The molecule has 0 aromatic heterocycles. The molecule has 170 valence electrons. The van der Waals surface area contributed by atoms with E-state index >= 15 is 0 Å². The predicted octanol–water partition coefficient (Wildman–Crippen LogP) is 3.65. The first kappa shape index (κ1) is 24.8. The Morgan fingerprint density at radius 2 is 1.90 bits per heavy atom. The summed E-state index contributed by atoms with van der Waals surface area (Å²) in [6.07, 6.45) is 3.42. The molecule has 0 spiro atoms. The van der Waals surface area contributed by atoms with Crippen molar-refractivity contribution in [2.45, 2.75) is 26.2 Å². The van der Waals surface area contributed by atoms with Crippen molar-refractivity contribution in [2.75, 3.05) is 37.4 Å². The van der Waals surface area contributed by atoms with Crippen molar-refractivity contribution in [1.82, 2.24) is 5.32 Å². The maximum absolute atomic E-state index is 12.4. The number of para-hydroxylation sites is 1. The summed E-state index contributed by atoms with van der Waals surface area (Å²) in [4.78, 5) is 12.4. The number of methoxy groups -OCH3 is 1. The summed E-state index contributed by atoms with van der Waals surface area (Å²) in [5.41, 5.74) is 1.38. The van der Waals surface area contributed by atoms with E-state index in [1.807, 2.05) is 24.3 Å². The minimum absolute atomic E-state index is 0.262. The van der Waals surface area contributed by atoms with Gasteiger partial charge in [0.05, 0.1) is 30.7 Å². The molecular formula is C22H29ClN2O5S. The Labute approximate surface area is 189 Å². The molecule has 31 heavy (non-hydrogen) atoms. The molecule has 0 heterocycles. The van der Waals surface area contributed by atoms with Crippen LogP contribution in [-0.4, -0.2) is 47.4 Å². The lowest BCUT2D eigenvalue weighted by Crippen LogP contribution is -2.40. The molecule has 0 aliphatic heterocycles. The largest absolute Gasteiger partial charge is 0.495 e. The topological polar surface area (TPSA) is 84.9 Å². The van der Waals surface area contributed by atoms with E-state index in [0.29, 0.717) is 31.0 Å². The second kappa shape index (κ2) is 11.8. The lowest BCUT2D eigenvalue weighted by atomic mass is 10.1. The summed E-state index contributed by atoms with van der Waals surface area (Å²) in [6, 6.07) is 12.4. The highest BCUT2D eigenvalue weighted by Gasteiger charge is 2.21. The van der Waals surface area contributed by atoms with Crippen molar-refractivity contribution >= 4 is 33.2 Å². The second-order valence-electron chi connectivity index (χ2n) is 7.00. The van der Waals surface area contributed by atoms with Crippen LogP contribution in [0.5, 0.6) is 11.5 Å². The molecule has 0 aliphatic carbocycles. The fourth-order valence-corrected chi connectivity index (χ4v) is 4.07. The van der Waals surface area contributed by atoms with Gasteiger partial charge in [-0.05, 0) is 49.1 Å². The zero-order chi connectivity index (χ0) is 22.9. The first-order chi connectivity index (χ1) is 14.8. The van der Waals surface area contributed by atoms with Gasteiger partial charge in [0.15, 0.2) is 0 Å². The fourth-order valence-electron chi connectivity index (χ4n) is 2.97. The van der Waals surface area contributed by atoms with E-state index in [1.165, 1.54) is 13.2 Å². The van der Waals surface area contributed by atoms with Crippen LogP contribution in [0.25, 0.3) is 0 Å². The third-order valence-corrected chi connectivity index (χ3v) is 5.93. The van der Waals surface area contributed by atoms with Crippen LogP contribution in [0.15, 0.2) is 42.5 Å². The van der Waals surface area contributed by atoms with Crippen LogP contribution < -0.4 is 19.1 Å². The number of hydrogen-bond acceptors (Lipinski definition) is 5. The number of halogens is 1. The molecule has 0 radical (unpaired) electrons. The van der Waals surface area contributed by atoms with Crippen molar-refractivity contribution in [3.05, 3.63) is 53.1 Å². The van der Waals surface area contributed by atoms with Gasteiger partial charge in [0.2, 0.25) is 15.9 Å². The average Bonchev–Trinajstić information content (AvgIpc) is 2.73. The number of rotatable bonds is 12. The SMILES string of the molecule is CCCOc1ccccc1CCCNC(=O)CN(c1ccc(OC)c(Cl)c1)S(C)(=O)=O. The number of aryl methyl sites for hydroxylation is 1. The smallest absolute Gasteiger partial charge is 0.240 e. The number of benzene rings is 2. The van der Waals surface area contributed by atoms with Crippen LogP contribution in [-0.2, 0) is 21.2 Å². The van der Waals surface area contributed by atoms with Gasteiger partial charge in [-0.3, -0.25) is 9.10 Å². The Hall–Kier alpha value is -2.45. The average molecular weight is 469 g/mol. The lowest BCUT2D eigenvalue weighted by Gasteiger charge is -2.22. The summed E-state index contributed by atoms with van der Waals surface area (Å²) in [6.45, 7) is 2.79. The summed E-state index contributed by atoms with van der Waals surface area (Å²) in [7, 11) is -2.21. The standard InChI is InChI=1S/C22H29ClN2O5S/c1-4-14-30-20-10-6-5-8-17(20)9-7-13-24-22(26)16-25(31(3,27)28)18-11-12-21(29-2)19(23)15-18/h5-6,8,10-12,15H,4,7,9,13-14,16H2,1-3H3,(H,24,26). The van der Waals surface area contributed by atoms with Crippen molar-refractivity contribution in [1.29, 1.82) is 0 Å². The number of carbonyl (C=O) groups is 1. The molecule has 1 N–H and O–H groups in total. The van der Waals surface area contributed by atoms with Crippen LogP contribution in [0.3, 0.4) is 0 Å². The Kier molecular flexibility index (Phi) is 9.45. The van der Waals surface area contributed by atoms with Crippen molar-refractivity contribution in [2.24, 2.45) is 0 Å². The molecule has 1 amide bonds. The van der Waals surface area contributed by atoms with E-state index in [1.54, 1.807) is 12.1 Å². The van der Waals surface area contributed by atoms with E-state index in [-0.39, 0.29) is 11.6 Å². The molecule has 2 aromatic carbocycles. The van der Waals surface area contributed by atoms with E-state index < -0.39 is 15.9 Å². The van der Waals surface area contributed by atoms with Gasteiger partial charge in [-0.25, -0.2) is 8.42 Å². The molecule has 0 atom stereocenters. The molecule has 2 rings (SSSR count). The van der Waals surface area contributed by atoms with Gasteiger partial charge in [-0.1, -0.05) is 36.7 Å². The molecule has 0 fully saturated rings. The Balaban J connectivity index is 1.93. The number of carbonyl (C=O) groups excluding carboxylic acids is 1. The van der Waals surface area contributed by atoms with Gasteiger partial charge in [0.1, 0.15) is 18.0 Å². The Bertz CT molecular complexity index is 982. The van der Waals surface area contributed by atoms with Crippen LogP contribution >= 0.6 is 11.6 Å². The van der Waals surface area contributed by atoms with Gasteiger partial charge < -0.3 is 14.8 Å². The Morgan fingerprint density at radius 1 is 1.16 bits per heavy atom. The second-order valence-corrected chi connectivity index (χ2v) is 9.31. The molecule has 0 bridgehead atoms. The van der Waals surface area contributed by atoms with Gasteiger partial charge >= 0.3 is 0 Å². The van der Waals surface area contributed by atoms with Crippen LogP contribution in [0, 0.1) is 0 Å². The highest BCUT2D eigenvalue weighted by atomic mass is 35.5. The van der Waals surface area contributed by atoms with Crippen LogP contribution in [0.1, 0.15) is 25.3 Å². The maximum atomic E-state index is 12.4. The summed E-state index contributed by atoms with van der Waals surface area (Å²) >= 11 is 6.11. The minimum Gasteiger partial charge on any atom is -0.495 e.